The molecule has 6 nitrogen and oxygen atoms in total. The van der Waals surface area contributed by atoms with E-state index in [1.54, 1.807) is 18.3 Å². The molecule has 1 atom stereocenters. The molecule has 0 spiro atoms. The van der Waals surface area contributed by atoms with E-state index in [-0.39, 0.29) is 6.42 Å². The summed E-state index contributed by atoms with van der Waals surface area (Å²) in [7, 11) is 0. The van der Waals surface area contributed by atoms with E-state index in [2.05, 4.69) is 15.3 Å². The molecule has 3 aromatic rings. The van der Waals surface area contributed by atoms with E-state index in [4.69, 9.17) is 5.73 Å². The second kappa shape index (κ2) is 6.87. The SMILES string of the molecule is NC(=O)[C@H](Cc1ccc2ccccc2n1)NC(=O)c1cccnc1. The minimum absolute atomic E-state index is 0.228. The average Bonchev–Trinajstić information content (AvgIpc) is 2.61. The Balaban J connectivity index is 1.78. The molecule has 24 heavy (non-hydrogen) atoms. The van der Waals surface area contributed by atoms with Gasteiger partial charge in [0.05, 0.1) is 11.1 Å². The number of hydrogen-bond donors (Lipinski definition) is 2. The number of primary amides is 1. The van der Waals surface area contributed by atoms with Gasteiger partial charge in [0.15, 0.2) is 0 Å². The number of carbonyl (C=O) groups is 2. The second-order valence-electron chi connectivity index (χ2n) is 5.37. The molecule has 3 rings (SSSR count). The van der Waals surface area contributed by atoms with E-state index < -0.39 is 17.9 Å². The van der Waals surface area contributed by atoms with Gasteiger partial charge < -0.3 is 11.1 Å². The van der Waals surface area contributed by atoms with Crippen LogP contribution in [-0.4, -0.2) is 27.8 Å². The van der Waals surface area contributed by atoms with E-state index in [0.717, 1.165) is 10.9 Å². The van der Waals surface area contributed by atoms with Crippen LogP contribution in [0.1, 0.15) is 16.1 Å². The number of pyridine rings is 2. The maximum atomic E-state index is 12.2. The van der Waals surface area contributed by atoms with Crippen molar-refractivity contribution in [2.24, 2.45) is 5.73 Å². The quantitative estimate of drug-likeness (QED) is 0.743. The first kappa shape index (κ1) is 15.6. The molecule has 3 N–H and O–H groups in total. The van der Waals surface area contributed by atoms with Crippen LogP contribution in [0.15, 0.2) is 60.9 Å². The van der Waals surface area contributed by atoms with E-state index in [1.807, 2.05) is 36.4 Å². The molecule has 0 fully saturated rings. The van der Waals surface area contributed by atoms with Crippen LogP contribution < -0.4 is 11.1 Å². The summed E-state index contributed by atoms with van der Waals surface area (Å²) in [6, 6.07) is 13.9. The van der Waals surface area contributed by atoms with Crippen molar-refractivity contribution >= 4 is 22.7 Å². The zero-order chi connectivity index (χ0) is 16.9. The summed E-state index contributed by atoms with van der Waals surface area (Å²) in [6.45, 7) is 0. The average molecular weight is 320 g/mol. The van der Waals surface area contributed by atoms with Crippen LogP contribution in [0.25, 0.3) is 10.9 Å². The minimum Gasteiger partial charge on any atom is -0.368 e. The third kappa shape index (κ3) is 3.55. The first-order valence-corrected chi connectivity index (χ1v) is 7.48. The third-order valence-electron chi connectivity index (χ3n) is 3.64. The van der Waals surface area contributed by atoms with Crippen molar-refractivity contribution in [2.45, 2.75) is 12.5 Å². The summed E-state index contributed by atoms with van der Waals surface area (Å²) >= 11 is 0. The zero-order valence-electron chi connectivity index (χ0n) is 12.8. The molecule has 2 aromatic heterocycles. The molecule has 0 saturated carbocycles. The second-order valence-corrected chi connectivity index (χ2v) is 5.37. The van der Waals surface area contributed by atoms with Crippen molar-refractivity contribution in [3.8, 4) is 0 Å². The fourth-order valence-electron chi connectivity index (χ4n) is 2.39. The van der Waals surface area contributed by atoms with Gasteiger partial charge in [-0.25, -0.2) is 0 Å². The van der Waals surface area contributed by atoms with Crippen molar-refractivity contribution in [3.63, 3.8) is 0 Å². The van der Waals surface area contributed by atoms with Gasteiger partial charge in [-0.05, 0) is 24.3 Å². The number of benzene rings is 1. The van der Waals surface area contributed by atoms with Crippen LogP contribution in [0.5, 0.6) is 0 Å². The standard InChI is InChI=1S/C18H16N4O2/c19-17(23)16(22-18(24)13-5-3-9-20-11-13)10-14-8-7-12-4-1-2-6-15(12)21-14/h1-9,11,16H,10H2,(H2,19,23)(H,22,24)/t16-/m0/s1. The molecule has 6 heteroatoms. The molecule has 0 aliphatic rings. The number of nitrogens with zero attached hydrogens (tertiary/aromatic N) is 2. The first-order valence-electron chi connectivity index (χ1n) is 7.48. The summed E-state index contributed by atoms with van der Waals surface area (Å²) in [5, 5.41) is 3.65. The van der Waals surface area contributed by atoms with Crippen LogP contribution in [0.4, 0.5) is 0 Å². The molecule has 2 heterocycles. The van der Waals surface area contributed by atoms with Gasteiger partial charge in [-0.3, -0.25) is 19.6 Å². The predicted molar refractivity (Wildman–Crippen MR) is 90.1 cm³/mol. The maximum Gasteiger partial charge on any atom is 0.253 e. The molecule has 1 aromatic carbocycles. The molecule has 0 aliphatic carbocycles. The number of nitrogens with one attached hydrogen (secondary N) is 1. The van der Waals surface area contributed by atoms with E-state index in [1.165, 1.54) is 6.20 Å². The summed E-state index contributed by atoms with van der Waals surface area (Å²) in [5.41, 5.74) is 7.31. The zero-order valence-corrected chi connectivity index (χ0v) is 12.8. The maximum absolute atomic E-state index is 12.2. The molecule has 0 bridgehead atoms. The van der Waals surface area contributed by atoms with Crippen LogP contribution in [0, 0.1) is 0 Å². The molecule has 0 radical (unpaired) electrons. The van der Waals surface area contributed by atoms with Crippen molar-refractivity contribution < 1.29 is 9.59 Å². The molecule has 0 aliphatic heterocycles. The summed E-state index contributed by atoms with van der Waals surface area (Å²) in [4.78, 5) is 32.3. The Morgan fingerprint density at radius 1 is 1.08 bits per heavy atom. The first-order chi connectivity index (χ1) is 11.6. The Hall–Kier alpha value is -3.28. The number of carbonyl (C=O) groups excluding carboxylic acids is 2. The van der Waals surface area contributed by atoms with Crippen LogP contribution in [0.3, 0.4) is 0 Å². The van der Waals surface area contributed by atoms with Crippen LogP contribution in [0.2, 0.25) is 0 Å². The number of hydrogen-bond acceptors (Lipinski definition) is 4. The van der Waals surface area contributed by atoms with Crippen LogP contribution >= 0.6 is 0 Å². The number of amides is 2. The Kier molecular flexibility index (Phi) is 4.47. The topological polar surface area (TPSA) is 98.0 Å². The summed E-state index contributed by atoms with van der Waals surface area (Å²) < 4.78 is 0. The summed E-state index contributed by atoms with van der Waals surface area (Å²) in [6.07, 6.45) is 3.23. The minimum atomic E-state index is -0.841. The Morgan fingerprint density at radius 2 is 1.92 bits per heavy atom. The van der Waals surface area contributed by atoms with Gasteiger partial charge in [0.2, 0.25) is 5.91 Å². The lowest BCUT2D eigenvalue weighted by Gasteiger charge is -2.15. The monoisotopic (exact) mass is 320 g/mol. The highest BCUT2D eigenvalue weighted by atomic mass is 16.2. The number of para-hydroxylation sites is 1. The van der Waals surface area contributed by atoms with E-state index in [0.29, 0.717) is 11.3 Å². The normalized spacial score (nSPS) is 11.8. The molecule has 0 unspecified atom stereocenters. The highest BCUT2D eigenvalue weighted by Gasteiger charge is 2.20. The van der Waals surface area contributed by atoms with E-state index >= 15 is 0 Å². The molecule has 2 amide bonds. The molecular weight excluding hydrogens is 304 g/mol. The van der Waals surface area contributed by atoms with Gasteiger partial charge in [0.1, 0.15) is 6.04 Å². The molecule has 120 valence electrons. The highest BCUT2D eigenvalue weighted by Crippen LogP contribution is 2.13. The Bertz CT molecular complexity index is 880. The fourth-order valence-corrected chi connectivity index (χ4v) is 2.39. The van der Waals surface area contributed by atoms with Crippen molar-refractivity contribution in [1.29, 1.82) is 0 Å². The van der Waals surface area contributed by atoms with Gasteiger partial charge in [-0.1, -0.05) is 24.3 Å². The number of rotatable bonds is 5. The largest absolute Gasteiger partial charge is 0.368 e. The van der Waals surface area contributed by atoms with Crippen molar-refractivity contribution in [3.05, 3.63) is 72.2 Å². The van der Waals surface area contributed by atoms with Gasteiger partial charge in [-0.2, -0.15) is 0 Å². The summed E-state index contributed by atoms with van der Waals surface area (Å²) in [5.74, 6) is -1.00. The Labute approximate surface area is 138 Å². The molecular formula is C18H16N4O2. The Morgan fingerprint density at radius 3 is 2.67 bits per heavy atom. The molecule has 0 saturated heterocycles. The van der Waals surface area contributed by atoms with Gasteiger partial charge in [0, 0.05) is 29.9 Å². The lowest BCUT2D eigenvalue weighted by Crippen LogP contribution is -2.46. The van der Waals surface area contributed by atoms with E-state index in [9.17, 15) is 9.59 Å². The smallest absolute Gasteiger partial charge is 0.253 e. The lowest BCUT2D eigenvalue weighted by molar-refractivity contribution is -0.119. The number of nitrogens with two attached hydrogens (primary N) is 1. The van der Waals surface area contributed by atoms with Gasteiger partial charge in [0.25, 0.3) is 5.91 Å². The van der Waals surface area contributed by atoms with Crippen molar-refractivity contribution in [2.75, 3.05) is 0 Å². The highest BCUT2D eigenvalue weighted by molar-refractivity contribution is 5.97. The van der Waals surface area contributed by atoms with Gasteiger partial charge >= 0.3 is 0 Å². The fraction of sp³-hybridized carbons (Fsp3) is 0.111. The van der Waals surface area contributed by atoms with Crippen molar-refractivity contribution in [1.82, 2.24) is 15.3 Å². The third-order valence-corrected chi connectivity index (χ3v) is 3.64. The number of aromatic nitrogens is 2. The number of fused-ring (bicyclic) bond motifs is 1. The van der Waals surface area contributed by atoms with Crippen LogP contribution in [-0.2, 0) is 11.2 Å². The predicted octanol–water partition coefficient (Wildman–Crippen LogP) is 1.46. The van der Waals surface area contributed by atoms with Gasteiger partial charge in [-0.15, -0.1) is 0 Å². The lowest BCUT2D eigenvalue weighted by atomic mass is 10.1.